The lowest BCUT2D eigenvalue weighted by Gasteiger charge is -2.12. The van der Waals surface area contributed by atoms with Gasteiger partial charge in [-0.3, -0.25) is 4.90 Å². The van der Waals surface area contributed by atoms with Gasteiger partial charge in [0.2, 0.25) is 0 Å². The van der Waals surface area contributed by atoms with E-state index in [0.29, 0.717) is 0 Å². The van der Waals surface area contributed by atoms with E-state index < -0.39 is 0 Å². The topological polar surface area (TPSA) is 29.0 Å². The molecule has 0 bridgehead atoms. The van der Waals surface area contributed by atoms with Gasteiger partial charge in [0.25, 0.3) is 0 Å². The smallest absolute Gasteiger partial charge is 0.115 e. The zero-order valence-electron chi connectivity index (χ0n) is 8.26. The summed E-state index contributed by atoms with van der Waals surface area (Å²) in [5.74, 6) is 0. The number of nitrogens with zero attached hydrogens (tertiary/aromatic N) is 3. The summed E-state index contributed by atoms with van der Waals surface area (Å²) in [6.45, 7) is 2.96. The molecule has 0 radical (unpaired) electrons. The second-order valence-corrected chi connectivity index (χ2v) is 4.75. The molecule has 0 N–H and O–H groups in total. The lowest BCUT2D eigenvalue weighted by atomic mass is 10.3. The number of hydrogen-bond donors (Lipinski definition) is 0. The van der Waals surface area contributed by atoms with E-state index >= 15 is 0 Å². The second-order valence-electron chi connectivity index (χ2n) is 3.72. The molecule has 15 heavy (non-hydrogen) atoms. The Morgan fingerprint density at radius 2 is 2.40 bits per heavy atom. The van der Waals surface area contributed by atoms with Crippen molar-refractivity contribution in [2.24, 2.45) is 0 Å². The molecule has 0 aromatic carbocycles. The molecule has 76 valence electrons. The van der Waals surface area contributed by atoms with Gasteiger partial charge in [-0.05, 0) is 11.4 Å². The largest absolute Gasteiger partial charge is 0.288 e. The number of fused-ring (bicyclic) bond motifs is 1. The van der Waals surface area contributed by atoms with Crippen LogP contribution in [-0.4, -0.2) is 14.9 Å². The highest BCUT2D eigenvalue weighted by Crippen LogP contribution is 2.22. The molecule has 3 rings (SSSR count). The average Bonchev–Trinajstić information content (AvgIpc) is 2.86. The third-order valence-corrected chi connectivity index (χ3v) is 3.47. The molecule has 0 atom stereocenters. The SMILES string of the molecule is c1csc(CN2Cc3cncnc3C2)c1. The normalized spacial score (nSPS) is 15.5. The van der Waals surface area contributed by atoms with Gasteiger partial charge < -0.3 is 0 Å². The number of hydrogen-bond acceptors (Lipinski definition) is 4. The van der Waals surface area contributed by atoms with E-state index in [9.17, 15) is 0 Å². The van der Waals surface area contributed by atoms with Crippen molar-refractivity contribution in [2.75, 3.05) is 0 Å². The average molecular weight is 217 g/mol. The van der Waals surface area contributed by atoms with Crippen LogP contribution in [0, 0.1) is 0 Å². The standard InChI is InChI=1S/C11H11N3S/c1-2-10(15-3-1)6-14-5-9-4-12-8-13-11(9)7-14/h1-4,8H,5-7H2. The van der Waals surface area contributed by atoms with Crippen molar-refractivity contribution in [3.8, 4) is 0 Å². The first-order chi connectivity index (χ1) is 7.42. The van der Waals surface area contributed by atoms with Gasteiger partial charge in [0.15, 0.2) is 0 Å². The summed E-state index contributed by atoms with van der Waals surface area (Å²) in [4.78, 5) is 12.1. The molecule has 0 saturated heterocycles. The summed E-state index contributed by atoms with van der Waals surface area (Å²) in [7, 11) is 0. The van der Waals surface area contributed by atoms with Crippen molar-refractivity contribution >= 4 is 11.3 Å². The summed E-state index contributed by atoms with van der Waals surface area (Å²) < 4.78 is 0. The van der Waals surface area contributed by atoms with Gasteiger partial charge in [-0.1, -0.05) is 6.07 Å². The van der Waals surface area contributed by atoms with E-state index in [1.54, 1.807) is 6.33 Å². The maximum atomic E-state index is 4.29. The zero-order valence-corrected chi connectivity index (χ0v) is 9.07. The first-order valence-electron chi connectivity index (χ1n) is 4.94. The Hall–Kier alpha value is -1.26. The van der Waals surface area contributed by atoms with Crippen LogP contribution in [0.2, 0.25) is 0 Å². The summed E-state index contributed by atoms with van der Waals surface area (Å²) in [5, 5.41) is 2.12. The number of aromatic nitrogens is 2. The van der Waals surface area contributed by atoms with Gasteiger partial charge in [0.1, 0.15) is 6.33 Å². The second kappa shape index (κ2) is 3.72. The van der Waals surface area contributed by atoms with Gasteiger partial charge in [0.05, 0.1) is 5.69 Å². The fourth-order valence-electron chi connectivity index (χ4n) is 1.90. The summed E-state index contributed by atoms with van der Waals surface area (Å²) in [5.41, 5.74) is 2.45. The van der Waals surface area contributed by atoms with Crippen molar-refractivity contribution in [3.63, 3.8) is 0 Å². The molecule has 0 saturated carbocycles. The van der Waals surface area contributed by atoms with Crippen LogP contribution < -0.4 is 0 Å². The molecule has 1 aliphatic rings. The molecule has 3 heterocycles. The molecule has 3 nitrogen and oxygen atoms in total. The molecule has 0 aliphatic carbocycles. The van der Waals surface area contributed by atoms with E-state index in [1.807, 2.05) is 17.5 Å². The zero-order chi connectivity index (χ0) is 10.1. The minimum Gasteiger partial charge on any atom is -0.288 e. The maximum absolute atomic E-state index is 4.29. The number of thiophene rings is 1. The van der Waals surface area contributed by atoms with Crippen molar-refractivity contribution < 1.29 is 0 Å². The number of rotatable bonds is 2. The van der Waals surface area contributed by atoms with Gasteiger partial charge in [0, 0.05) is 36.3 Å². The summed E-state index contributed by atoms with van der Waals surface area (Å²) in [6.07, 6.45) is 3.56. The van der Waals surface area contributed by atoms with Gasteiger partial charge in [-0.2, -0.15) is 0 Å². The molecule has 0 unspecified atom stereocenters. The minimum absolute atomic E-state index is 0.954. The molecule has 0 fully saturated rings. The van der Waals surface area contributed by atoms with Crippen LogP contribution in [0.5, 0.6) is 0 Å². The van der Waals surface area contributed by atoms with E-state index in [-0.39, 0.29) is 0 Å². The fourth-order valence-corrected chi connectivity index (χ4v) is 2.65. The fraction of sp³-hybridized carbons (Fsp3) is 0.273. The Labute approximate surface area is 92.4 Å². The van der Waals surface area contributed by atoms with Gasteiger partial charge in [-0.25, -0.2) is 9.97 Å². The molecule has 2 aromatic heterocycles. The van der Waals surface area contributed by atoms with E-state index in [4.69, 9.17) is 0 Å². The molecular formula is C11H11N3S. The molecule has 0 amide bonds. The highest BCUT2D eigenvalue weighted by atomic mass is 32.1. The lowest BCUT2D eigenvalue weighted by molar-refractivity contribution is 0.276. The monoisotopic (exact) mass is 217 g/mol. The highest BCUT2D eigenvalue weighted by Gasteiger charge is 2.19. The Kier molecular flexibility index (Phi) is 2.23. The first-order valence-corrected chi connectivity index (χ1v) is 5.82. The Balaban J connectivity index is 1.74. The molecule has 2 aromatic rings. The van der Waals surface area contributed by atoms with Crippen LogP contribution in [0.25, 0.3) is 0 Å². The third kappa shape index (κ3) is 1.78. The molecular weight excluding hydrogens is 206 g/mol. The Morgan fingerprint density at radius 3 is 3.20 bits per heavy atom. The first kappa shape index (κ1) is 9.00. The van der Waals surface area contributed by atoms with Crippen molar-refractivity contribution in [2.45, 2.75) is 19.6 Å². The quantitative estimate of drug-likeness (QED) is 0.771. The Bertz CT molecular complexity index is 425. The predicted molar refractivity (Wildman–Crippen MR) is 59.3 cm³/mol. The lowest BCUT2D eigenvalue weighted by Crippen LogP contribution is -2.14. The minimum atomic E-state index is 0.954. The predicted octanol–water partition coefficient (Wildman–Crippen LogP) is 2.05. The van der Waals surface area contributed by atoms with Crippen molar-refractivity contribution in [1.29, 1.82) is 0 Å². The van der Waals surface area contributed by atoms with Crippen LogP contribution in [0.4, 0.5) is 0 Å². The van der Waals surface area contributed by atoms with Crippen LogP contribution in [0.15, 0.2) is 30.0 Å². The maximum Gasteiger partial charge on any atom is 0.115 e. The van der Waals surface area contributed by atoms with Crippen LogP contribution in [-0.2, 0) is 19.6 Å². The summed E-state index contributed by atoms with van der Waals surface area (Å²) >= 11 is 1.81. The Morgan fingerprint density at radius 1 is 1.40 bits per heavy atom. The molecule has 1 aliphatic heterocycles. The van der Waals surface area contributed by atoms with Crippen LogP contribution in [0.1, 0.15) is 16.1 Å². The molecule has 0 spiro atoms. The van der Waals surface area contributed by atoms with Gasteiger partial charge in [-0.15, -0.1) is 11.3 Å². The third-order valence-electron chi connectivity index (χ3n) is 2.61. The van der Waals surface area contributed by atoms with E-state index in [0.717, 1.165) is 19.6 Å². The highest BCUT2D eigenvalue weighted by molar-refractivity contribution is 7.09. The van der Waals surface area contributed by atoms with Gasteiger partial charge >= 0.3 is 0 Å². The summed E-state index contributed by atoms with van der Waals surface area (Å²) in [6, 6.07) is 4.28. The van der Waals surface area contributed by atoms with Crippen LogP contribution in [0.3, 0.4) is 0 Å². The van der Waals surface area contributed by atoms with E-state index in [2.05, 4.69) is 32.4 Å². The van der Waals surface area contributed by atoms with E-state index in [1.165, 1.54) is 16.1 Å². The molecule has 4 heteroatoms. The van der Waals surface area contributed by atoms with Crippen LogP contribution >= 0.6 is 11.3 Å². The van der Waals surface area contributed by atoms with Crippen molar-refractivity contribution in [3.05, 3.63) is 46.2 Å². The van der Waals surface area contributed by atoms with Crippen molar-refractivity contribution in [1.82, 2.24) is 14.9 Å².